The monoisotopic (exact) mass is 248 g/mol. The first-order chi connectivity index (χ1) is 6.67. The Morgan fingerprint density at radius 3 is 1.40 bits per heavy atom. The molecule has 0 amide bonds. The Morgan fingerprint density at radius 1 is 0.867 bits per heavy atom. The standard InChI is InChI=1S/C11H14Cl2O2/c1-9(2)7(12)5-11(14-9)6-8(13)10(3,4)15-11/h5-6H,1-4H3. The maximum atomic E-state index is 6.10. The van der Waals surface area contributed by atoms with Crippen molar-refractivity contribution in [2.75, 3.05) is 0 Å². The summed E-state index contributed by atoms with van der Waals surface area (Å²) in [5, 5.41) is 1.28. The molecular formula is C11H14Cl2O2. The molecule has 2 rings (SSSR count). The van der Waals surface area contributed by atoms with E-state index in [9.17, 15) is 0 Å². The van der Waals surface area contributed by atoms with Crippen molar-refractivity contribution in [2.45, 2.75) is 44.7 Å². The first-order valence-corrected chi connectivity index (χ1v) is 5.61. The van der Waals surface area contributed by atoms with E-state index >= 15 is 0 Å². The highest BCUT2D eigenvalue weighted by Crippen LogP contribution is 2.48. The highest BCUT2D eigenvalue weighted by atomic mass is 35.5. The van der Waals surface area contributed by atoms with Crippen molar-refractivity contribution in [3.63, 3.8) is 0 Å². The Morgan fingerprint density at radius 2 is 1.20 bits per heavy atom. The SMILES string of the molecule is CC1(C)OC2(C=C1Cl)C=C(Cl)C(C)(C)O2. The summed E-state index contributed by atoms with van der Waals surface area (Å²) >= 11 is 12.2. The number of rotatable bonds is 0. The first kappa shape index (κ1) is 11.5. The molecule has 0 aromatic carbocycles. The van der Waals surface area contributed by atoms with Gasteiger partial charge in [-0.15, -0.1) is 0 Å². The largest absolute Gasteiger partial charge is 0.331 e. The van der Waals surface area contributed by atoms with Crippen LogP contribution in [-0.4, -0.2) is 17.0 Å². The molecule has 0 aliphatic carbocycles. The van der Waals surface area contributed by atoms with Crippen LogP contribution >= 0.6 is 23.2 Å². The molecule has 2 heterocycles. The Labute approximate surface area is 99.8 Å². The molecule has 0 bridgehead atoms. The van der Waals surface area contributed by atoms with Crippen LogP contribution in [0.25, 0.3) is 0 Å². The summed E-state index contributed by atoms with van der Waals surface area (Å²) in [6, 6.07) is 0. The molecule has 0 unspecified atom stereocenters. The normalized spacial score (nSPS) is 30.5. The molecule has 0 saturated heterocycles. The average Bonchev–Trinajstić information content (AvgIpc) is 2.31. The van der Waals surface area contributed by atoms with E-state index in [1.165, 1.54) is 0 Å². The van der Waals surface area contributed by atoms with Crippen LogP contribution < -0.4 is 0 Å². The van der Waals surface area contributed by atoms with Crippen molar-refractivity contribution >= 4 is 23.2 Å². The molecule has 2 aliphatic heterocycles. The fourth-order valence-corrected chi connectivity index (χ4v) is 2.16. The van der Waals surface area contributed by atoms with Gasteiger partial charge in [0.2, 0.25) is 5.79 Å². The van der Waals surface area contributed by atoms with Crippen molar-refractivity contribution in [3.8, 4) is 0 Å². The summed E-state index contributed by atoms with van der Waals surface area (Å²) in [5.74, 6) is -0.888. The van der Waals surface area contributed by atoms with Gasteiger partial charge in [-0.05, 0) is 39.8 Å². The molecule has 84 valence electrons. The number of ether oxygens (including phenoxy) is 2. The highest BCUT2D eigenvalue weighted by Gasteiger charge is 2.51. The third-order valence-corrected chi connectivity index (χ3v) is 3.76. The van der Waals surface area contributed by atoms with E-state index in [0.717, 1.165) is 0 Å². The zero-order valence-electron chi connectivity index (χ0n) is 9.23. The fourth-order valence-electron chi connectivity index (χ4n) is 1.78. The van der Waals surface area contributed by atoms with Gasteiger partial charge in [-0.1, -0.05) is 23.2 Å². The smallest absolute Gasteiger partial charge is 0.212 e. The molecule has 1 spiro atoms. The second-order valence-corrected chi connectivity index (χ2v) is 5.75. The van der Waals surface area contributed by atoms with E-state index in [4.69, 9.17) is 32.7 Å². The van der Waals surface area contributed by atoms with Gasteiger partial charge in [-0.3, -0.25) is 0 Å². The van der Waals surface area contributed by atoms with Gasteiger partial charge < -0.3 is 9.47 Å². The second kappa shape index (κ2) is 3.01. The molecule has 0 radical (unpaired) electrons. The third kappa shape index (κ3) is 1.74. The summed E-state index contributed by atoms with van der Waals surface area (Å²) < 4.78 is 11.6. The van der Waals surface area contributed by atoms with Gasteiger partial charge in [0.15, 0.2) is 0 Å². The van der Waals surface area contributed by atoms with Crippen LogP contribution in [0.3, 0.4) is 0 Å². The molecule has 0 saturated carbocycles. The predicted octanol–water partition coefficient (Wildman–Crippen LogP) is 3.55. The molecule has 0 aromatic heterocycles. The average molecular weight is 249 g/mol. The van der Waals surface area contributed by atoms with Crippen molar-refractivity contribution in [3.05, 3.63) is 22.2 Å². The summed E-state index contributed by atoms with van der Waals surface area (Å²) in [6.07, 6.45) is 3.54. The summed E-state index contributed by atoms with van der Waals surface area (Å²) in [7, 11) is 0. The number of halogens is 2. The van der Waals surface area contributed by atoms with Crippen LogP contribution in [0, 0.1) is 0 Å². The molecule has 4 heteroatoms. The zero-order chi connectivity index (χ0) is 11.5. The van der Waals surface area contributed by atoms with Gasteiger partial charge in [-0.2, -0.15) is 0 Å². The van der Waals surface area contributed by atoms with E-state index < -0.39 is 17.0 Å². The Bertz CT molecular complexity index is 331. The minimum Gasteiger partial charge on any atom is -0.331 e. The van der Waals surface area contributed by atoms with Crippen LogP contribution in [0.5, 0.6) is 0 Å². The van der Waals surface area contributed by atoms with Crippen molar-refractivity contribution in [2.24, 2.45) is 0 Å². The zero-order valence-corrected chi connectivity index (χ0v) is 10.7. The lowest BCUT2D eigenvalue weighted by atomic mass is 10.1. The Balaban J connectivity index is 2.37. The molecule has 2 nitrogen and oxygen atoms in total. The number of hydrogen-bond donors (Lipinski definition) is 0. The molecule has 0 fully saturated rings. The fraction of sp³-hybridized carbons (Fsp3) is 0.636. The maximum absolute atomic E-state index is 6.10. The summed E-state index contributed by atoms with van der Waals surface area (Å²) in [6.45, 7) is 7.60. The maximum Gasteiger partial charge on any atom is 0.212 e. The molecule has 2 aliphatic rings. The van der Waals surface area contributed by atoms with Crippen molar-refractivity contribution in [1.29, 1.82) is 0 Å². The van der Waals surface area contributed by atoms with Gasteiger partial charge in [0.05, 0.1) is 10.1 Å². The minimum absolute atomic E-state index is 0.518. The molecule has 0 N–H and O–H groups in total. The minimum atomic E-state index is -0.888. The lowest BCUT2D eigenvalue weighted by molar-refractivity contribution is -0.220. The van der Waals surface area contributed by atoms with Gasteiger partial charge >= 0.3 is 0 Å². The van der Waals surface area contributed by atoms with Crippen LogP contribution in [-0.2, 0) is 9.47 Å². The van der Waals surface area contributed by atoms with E-state index in [2.05, 4.69) is 0 Å². The van der Waals surface area contributed by atoms with Crippen molar-refractivity contribution in [1.82, 2.24) is 0 Å². The van der Waals surface area contributed by atoms with Crippen LogP contribution in [0.4, 0.5) is 0 Å². The summed E-state index contributed by atoms with van der Waals surface area (Å²) in [4.78, 5) is 0. The lowest BCUT2D eigenvalue weighted by Crippen LogP contribution is -2.36. The number of hydrogen-bond acceptors (Lipinski definition) is 2. The Hall–Kier alpha value is -0.0200. The predicted molar refractivity (Wildman–Crippen MR) is 60.9 cm³/mol. The van der Waals surface area contributed by atoms with Crippen molar-refractivity contribution < 1.29 is 9.47 Å². The topological polar surface area (TPSA) is 18.5 Å². The third-order valence-electron chi connectivity index (χ3n) is 2.64. The van der Waals surface area contributed by atoms with E-state index in [-0.39, 0.29) is 0 Å². The van der Waals surface area contributed by atoms with Crippen LogP contribution in [0.15, 0.2) is 22.2 Å². The molecular weight excluding hydrogens is 235 g/mol. The highest BCUT2D eigenvalue weighted by molar-refractivity contribution is 6.31. The van der Waals surface area contributed by atoms with Gasteiger partial charge in [0.25, 0.3) is 0 Å². The van der Waals surface area contributed by atoms with E-state index in [1.54, 1.807) is 12.2 Å². The Kier molecular flexibility index (Phi) is 2.30. The molecule has 15 heavy (non-hydrogen) atoms. The van der Waals surface area contributed by atoms with Gasteiger partial charge in [0.1, 0.15) is 11.2 Å². The van der Waals surface area contributed by atoms with E-state index in [1.807, 2.05) is 27.7 Å². The van der Waals surface area contributed by atoms with Crippen LogP contribution in [0.1, 0.15) is 27.7 Å². The first-order valence-electron chi connectivity index (χ1n) is 4.85. The van der Waals surface area contributed by atoms with Gasteiger partial charge in [-0.25, -0.2) is 0 Å². The van der Waals surface area contributed by atoms with E-state index in [0.29, 0.717) is 10.1 Å². The summed E-state index contributed by atoms with van der Waals surface area (Å²) in [5.41, 5.74) is -1.04. The van der Waals surface area contributed by atoms with Crippen LogP contribution in [0.2, 0.25) is 0 Å². The van der Waals surface area contributed by atoms with Gasteiger partial charge in [0, 0.05) is 0 Å². The molecule has 0 aromatic rings. The quantitative estimate of drug-likeness (QED) is 0.653. The second-order valence-electron chi connectivity index (χ2n) is 4.93. The lowest BCUT2D eigenvalue weighted by Gasteiger charge is -2.30. The molecule has 0 atom stereocenters.